The van der Waals surface area contributed by atoms with Gasteiger partial charge in [-0.2, -0.15) is 0 Å². The van der Waals surface area contributed by atoms with Crippen LogP contribution in [0.15, 0.2) is 47.4 Å². The Morgan fingerprint density at radius 3 is 2.20 bits per heavy atom. The van der Waals surface area contributed by atoms with Gasteiger partial charge in [-0.25, -0.2) is 8.42 Å². The van der Waals surface area contributed by atoms with E-state index in [1.165, 1.54) is 32.4 Å². The highest BCUT2D eigenvalue weighted by Crippen LogP contribution is 2.33. The van der Waals surface area contributed by atoms with Crippen molar-refractivity contribution in [2.24, 2.45) is 0 Å². The molecule has 0 aromatic heterocycles. The Morgan fingerprint density at radius 2 is 1.63 bits per heavy atom. The van der Waals surface area contributed by atoms with Gasteiger partial charge in [-0.05, 0) is 45.3 Å². The zero-order valence-corrected chi connectivity index (χ0v) is 18.8. The van der Waals surface area contributed by atoms with Gasteiger partial charge < -0.3 is 19.7 Å². The Bertz CT molecular complexity index is 959. The number of likely N-dealkylation sites (N-methyl/N-ethyl adjacent to an activating group) is 1. The van der Waals surface area contributed by atoms with Crippen molar-refractivity contribution in [3.05, 3.63) is 48.0 Å². The van der Waals surface area contributed by atoms with Gasteiger partial charge in [0.25, 0.3) is 10.0 Å². The number of aryl methyl sites for hydroxylation is 1. The Kier molecular flexibility index (Phi) is 8.08. The quantitative estimate of drug-likeness (QED) is 0.613. The molecule has 0 bridgehead atoms. The Balaban J connectivity index is 2.42. The van der Waals surface area contributed by atoms with Crippen molar-refractivity contribution < 1.29 is 22.7 Å². The first-order valence-corrected chi connectivity index (χ1v) is 10.9. The number of carbonyl (C=O) groups is 1. The monoisotopic (exact) mass is 435 g/mol. The molecule has 0 saturated carbocycles. The molecule has 0 heterocycles. The molecule has 164 valence electrons. The molecule has 1 N–H and O–H groups in total. The summed E-state index contributed by atoms with van der Waals surface area (Å²) in [5, 5.41) is 2.76. The normalized spacial score (nSPS) is 11.3. The second kappa shape index (κ2) is 10.3. The molecule has 0 aliphatic carbocycles. The molecule has 2 rings (SSSR count). The lowest BCUT2D eigenvalue weighted by molar-refractivity contribution is -0.119. The van der Waals surface area contributed by atoms with Gasteiger partial charge in [-0.3, -0.25) is 9.10 Å². The molecule has 8 nitrogen and oxygen atoms in total. The number of benzene rings is 2. The van der Waals surface area contributed by atoms with E-state index >= 15 is 0 Å². The van der Waals surface area contributed by atoms with E-state index in [2.05, 4.69) is 5.32 Å². The number of sulfonamides is 1. The Morgan fingerprint density at radius 1 is 1.00 bits per heavy atom. The van der Waals surface area contributed by atoms with E-state index in [-0.39, 0.29) is 11.4 Å². The van der Waals surface area contributed by atoms with Crippen LogP contribution in [-0.2, 0) is 14.8 Å². The maximum Gasteiger partial charge on any atom is 0.264 e. The van der Waals surface area contributed by atoms with Gasteiger partial charge in [0.15, 0.2) is 11.5 Å². The van der Waals surface area contributed by atoms with Gasteiger partial charge in [-0.15, -0.1) is 0 Å². The van der Waals surface area contributed by atoms with Gasteiger partial charge in [0.2, 0.25) is 5.91 Å². The lowest BCUT2D eigenvalue weighted by Crippen LogP contribution is -2.42. The highest BCUT2D eigenvalue weighted by molar-refractivity contribution is 7.92. The fraction of sp³-hybridized carbons (Fsp3) is 0.381. The SMILES string of the molecule is COc1ccc(N(CC(=O)NCCN(C)C)S(=O)(=O)c2ccc(C)cc2)cc1OC. The largest absolute Gasteiger partial charge is 0.493 e. The minimum Gasteiger partial charge on any atom is -0.493 e. The molecule has 2 aromatic carbocycles. The van der Waals surface area contributed by atoms with Gasteiger partial charge >= 0.3 is 0 Å². The summed E-state index contributed by atoms with van der Waals surface area (Å²) in [7, 11) is 2.76. The Labute approximate surface area is 178 Å². The highest BCUT2D eigenvalue weighted by Gasteiger charge is 2.28. The number of hydrogen-bond donors (Lipinski definition) is 1. The lowest BCUT2D eigenvalue weighted by atomic mass is 10.2. The van der Waals surface area contributed by atoms with Crippen molar-refractivity contribution in [1.29, 1.82) is 0 Å². The molecular formula is C21H29N3O5S. The average molecular weight is 436 g/mol. The maximum absolute atomic E-state index is 13.4. The zero-order chi connectivity index (χ0) is 22.3. The van der Waals surface area contributed by atoms with Crippen molar-refractivity contribution in [2.75, 3.05) is 52.3 Å². The van der Waals surface area contributed by atoms with Crippen molar-refractivity contribution in [1.82, 2.24) is 10.2 Å². The molecule has 0 fully saturated rings. The maximum atomic E-state index is 13.4. The number of methoxy groups -OCH3 is 2. The molecule has 0 aliphatic rings. The minimum absolute atomic E-state index is 0.101. The Hall–Kier alpha value is -2.78. The summed E-state index contributed by atoms with van der Waals surface area (Å²) in [6.45, 7) is 2.57. The van der Waals surface area contributed by atoms with Gasteiger partial charge in [0, 0.05) is 19.2 Å². The third-order valence-electron chi connectivity index (χ3n) is 4.43. The van der Waals surface area contributed by atoms with E-state index in [9.17, 15) is 13.2 Å². The van der Waals surface area contributed by atoms with Gasteiger partial charge in [-0.1, -0.05) is 17.7 Å². The summed E-state index contributed by atoms with van der Waals surface area (Å²) in [6, 6.07) is 11.2. The van der Waals surface area contributed by atoms with Gasteiger partial charge in [0.1, 0.15) is 6.54 Å². The number of ether oxygens (including phenoxy) is 2. The molecule has 0 unspecified atom stereocenters. The number of nitrogens with one attached hydrogen (secondary N) is 1. The van der Waals surface area contributed by atoms with E-state index in [0.717, 1.165) is 9.87 Å². The van der Waals surface area contributed by atoms with Crippen LogP contribution >= 0.6 is 0 Å². The number of hydrogen-bond acceptors (Lipinski definition) is 6. The number of amides is 1. The van der Waals surface area contributed by atoms with E-state index in [1.54, 1.807) is 24.3 Å². The van der Waals surface area contributed by atoms with Crippen LogP contribution in [0, 0.1) is 6.92 Å². The van der Waals surface area contributed by atoms with Crippen molar-refractivity contribution in [2.45, 2.75) is 11.8 Å². The van der Waals surface area contributed by atoms with Crippen LogP contribution in [0.5, 0.6) is 11.5 Å². The summed E-state index contributed by atoms with van der Waals surface area (Å²) < 4.78 is 38.4. The van der Waals surface area contributed by atoms with Crippen molar-refractivity contribution in [3.8, 4) is 11.5 Å². The number of rotatable bonds is 10. The summed E-state index contributed by atoms with van der Waals surface area (Å²) in [4.78, 5) is 14.6. The molecule has 0 spiro atoms. The summed E-state index contributed by atoms with van der Waals surface area (Å²) in [5.74, 6) is 0.429. The van der Waals surface area contributed by atoms with Crippen LogP contribution in [-0.4, -0.2) is 67.2 Å². The van der Waals surface area contributed by atoms with Crippen LogP contribution in [0.2, 0.25) is 0 Å². The summed E-state index contributed by atoms with van der Waals surface area (Å²) >= 11 is 0. The second-order valence-corrected chi connectivity index (χ2v) is 8.88. The first-order chi connectivity index (χ1) is 14.2. The van der Waals surface area contributed by atoms with E-state index in [4.69, 9.17) is 9.47 Å². The average Bonchev–Trinajstić information content (AvgIpc) is 2.71. The molecule has 0 aliphatic heterocycles. The van der Waals surface area contributed by atoms with Crippen molar-refractivity contribution in [3.63, 3.8) is 0 Å². The van der Waals surface area contributed by atoms with Crippen LogP contribution in [0.1, 0.15) is 5.56 Å². The summed E-state index contributed by atoms with van der Waals surface area (Å²) in [6.07, 6.45) is 0. The molecule has 9 heteroatoms. The van der Waals surface area contributed by atoms with E-state index in [1.807, 2.05) is 25.9 Å². The molecular weight excluding hydrogens is 406 g/mol. The van der Waals surface area contributed by atoms with Gasteiger partial charge in [0.05, 0.1) is 24.8 Å². The number of carbonyl (C=O) groups excluding carboxylic acids is 1. The molecule has 0 saturated heterocycles. The molecule has 1 amide bonds. The molecule has 2 aromatic rings. The van der Waals surface area contributed by atoms with Crippen molar-refractivity contribution >= 4 is 21.6 Å². The first-order valence-electron chi connectivity index (χ1n) is 9.42. The number of anilines is 1. The van der Waals surface area contributed by atoms with Crippen LogP contribution < -0.4 is 19.1 Å². The highest BCUT2D eigenvalue weighted by atomic mass is 32.2. The summed E-state index contributed by atoms with van der Waals surface area (Å²) in [5.41, 5.74) is 1.24. The lowest BCUT2D eigenvalue weighted by Gasteiger charge is -2.25. The van der Waals surface area contributed by atoms with E-state index in [0.29, 0.717) is 30.3 Å². The molecule has 0 atom stereocenters. The van der Waals surface area contributed by atoms with Crippen LogP contribution in [0.3, 0.4) is 0 Å². The number of nitrogens with zero attached hydrogens (tertiary/aromatic N) is 2. The van der Waals surface area contributed by atoms with E-state index < -0.39 is 15.9 Å². The molecule has 30 heavy (non-hydrogen) atoms. The third-order valence-corrected chi connectivity index (χ3v) is 6.22. The predicted octanol–water partition coefficient (Wildman–Crippen LogP) is 1.89. The smallest absolute Gasteiger partial charge is 0.264 e. The van der Waals surface area contributed by atoms with Crippen LogP contribution in [0.4, 0.5) is 5.69 Å². The topological polar surface area (TPSA) is 88.2 Å². The standard InChI is InChI=1S/C21H29N3O5S/c1-16-6-9-18(10-7-16)30(26,27)24(15-21(25)22-12-13-23(2)3)17-8-11-19(28-4)20(14-17)29-5/h6-11,14H,12-13,15H2,1-5H3,(H,22,25). The minimum atomic E-state index is -3.99. The fourth-order valence-electron chi connectivity index (χ4n) is 2.74. The zero-order valence-electron chi connectivity index (χ0n) is 18.0. The molecule has 0 radical (unpaired) electrons. The second-order valence-electron chi connectivity index (χ2n) is 7.02. The fourth-order valence-corrected chi connectivity index (χ4v) is 4.15. The predicted molar refractivity (Wildman–Crippen MR) is 117 cm³/mol. The third kappa shape index (κ3) is 5.87. The first kappa shape index (κ1) is 23.5. The van der Waals surface area contributed by atoms with Crippen LogP contribution in [0.25, 0.3) is 0 Å².